The molecule has 0 aliphatic rings. The zero-order valence-electron chi connectivity index (χ0n) is 14.2. The van der Waals surface area contributed by atoms with Crippen molar-refractivity contribution in [3.8, 4) is 17.1 Å². The summed E-state index contributed by atoms with van der Waals surface area (Å²) in [6, 6.07) is 20.5. The molecule has 4 aromatic rings. The number of benzene rings is 2. The highest BCUT2D eigenvalue weighted by molar-refractivity contribution is 9.10. The van der Waals surface area contributed by atoms with E-state index in [-0.39, 0.29) is 17.0 Å². The second-order valence-electron chi connectivity index (χ2n) is 5.87. The Morgan fingerprint density at radius 3 is 2.42 bits per heavy atom. The van der Waals surface area contributed by atoms with Gasteiger partial charge in [-0.2, -0.15) is 0 Å². The second-order valence-corrected chi connectivity index (χ2v) is 6.79. The van der Waals surface area contributed by atoms with E-state index in [1.165, 1.54) is 5.56 Å². The smallest absolute Gasteiger partial charge is 0.176 e. The quantitative estimate of drug-likeness (QED) is 0.424. The Kier molecular flexibility index (Phi) is 5.79. The molecule has 0 spiro atoms. The van der Waals surface area contributed by atoms with Crippen molar-refractivity contribution < 1.29 is 30.7 Å². The predicted molar refractivity (Wildman–Crippen MR) is 102 cm³/mol. The van der Waals surface area contributed by atoms with Crippen molar-refractivity contribution in [1.82, 2.24) is 0 Å². The van der Waals surface area contributed by atoms with E-state index in [1.54, 1.807) is 7.11 Å². The summed E-state index contributed by atoms with van der Waals surface area (Å²) in [6.07, 6.45) is 4.14. The third-order valence-corrected chi connectivity index (χ3v) is 4.71. The van der Waals surface area contributed by atoms with Crippen LogP contribution < -0.4 is 26.3 Å². The van der Waals surface area contributed by atoms with Gasteiger partial charge in [0, 0.05) is 33.1 Å². The Labute approximate surface area is 171 Å². The normalized spacial score (nSPS) is 10.5. The summed E-state index contributed by atoms with van der Waals surface area (Å²) in [5.41, 5.74) is 3.09. The zero-order chi connectivity index (χ0) is 17.2. The molecule has 0 aliphatic carbocycles. The second kappa shape index (κ2) is 8.06. The van der Waals surface area contributed by atoms with Crippen molar-refractivity contribution >= 4 is 26.9 Å². The molecule has 132 valence electrons. The van der Waals surface area contributed by atoms with E-state index >= 15 is 0 Å². The van der Waals surface area contributed by atoms with Gasteiger partial charge in [0.05, 0.1) is 7.11 Å². The average molecular weight is 475 g/mol. The minimum atomic E-state index is 0. The first-order chi connectivity index (χ1) is 12.2. The van der Waals surface area contributed by atoms with Gasteiger partial charge < -0.3 is 26.1 Å². The van der Waals surface area contributed by atoms with Crippen LogP contribution >= 0.6 is 15.9 Å². The van der Waals surface area contributed by atoms with Crippen LogP contribution in [0.2, 0.25) is 0 Å². The highest BCUT2D eigenvalue weighted by Crippen LogP contribution is 2.32. The first kappa shape index (κ1) is 18.7. The number of ether oxygens (including phenoxy) is 1. The fourth-order valence-corrected chi connectivity index (χ4v) is 3.13. The van der Waals surface area contributed by atoms with E-state index < -0.39 is 0 Å². The van der Waals surface area contributed by atoms with E-state index in [0.29, 0.717) is 0 Å². The molecule has 0 bridgehead atoms. The maximum absolute atomic E-state index is 6.01. The van der Waals surface area contributed by atoms with Gasteiger partial charge in [0.1, 0.15) is 5.76 Å². The highest BCUT2D eigenvalue weighted by atomic mass is 79.9. The first-order valence-corrected chi connectivity index (χ1v) is 8.83. The molecule has 0 fully saturated rings. The Morgan fingerprint density at radius 1 is 1.00 bits per heavy atom. The van der Waals surface area contributed by atoms with Crippen LogP contribution in [0.3, 0.4) is 0 Å². The molecule has 0 atom stereocenters. The van der Waals surface area contributed by atoms with E-state index in [4.69, 9.17) is 9.15 Å². The molecule has 0 saturated carbocycles. The van der Waals surface area contributed by atoms with Crippen LogP contribution in [-0.2, 0) is 6.54 Å². The summed E-state index contributed by atoms with van der Waals surface area (Å²) in [5.74, 6) is 1.60. The van der Waals surface area contributed by atoms with Crippen LogP contribution in [0.25, 0.3) is 22.3 Å². The molecule has 0 aliphatic heterocycles. The fraction of sp³-hybridized carbons (Fsp3) is 0.0952. The number of rotatable bonds is 4. The number of furan rings is 1. The standard InChI is InChI=1S/C21H17BrNO2.BrH/c1-24-19-4-2-3-17-13-20(25-21(17)19)16-9-11-23(12-10-16)14-15-5-7-18(22)8-6-15;/h2-13H,14H2,1H3;1H/q+1;/p-1. The SMILES string of the molecule is COc1cccc2cc(-c3cc[n+](Cc4ccc(Br)cc4)cc3)oc12.[Br-]. The molecule has 0 N–H and O–H groups in total. The Morgan fingerprint density at radius 2 is 1.73 bits per heavy atom. The van der Waals surface area contributed by atoms with Crippen molar-refractivity contribution in [3.05, 3.63) is 83.1 Å². The van der Waals surface area contributed by atoms with Gasteiger partial charge in [-0.3, -0.25) is 0 Å². The number of methoxy groups -OCH3 is 1. The lowest BCUT2D eigenvalue weighted by molar-refractivity contribution is -0.688. The summed E-state index contributed by atoms with van der Waals surface area (Å²) in [7, 11) is 1.66. The molecule has 2 aromatic carbocycles. The first-order valence-electron chi connectivity index (χ1n) is 8.03. The number of aromatic nitrogens is 1. The maximum Gasteiger partial charge on any atom is 0.176 e. The largest absolute Gasteiger partial charge is 1.00 e. The van der Waals surface area contributed by atoms with Gasteiger partial charge in [-0.15, -0.1) is 0 Å². The summed E-state index contributed by atoms with van der Waals surface area (Å²) in [6.45, 7) is 0.835. The third-order valence-electron chi connectivity index (χ3n) is 4.18. The number of para-hydroxylation sites is 1. The molecule has 5 heteroatoms. The summed E-state index contributed by atoms with van der Waals surface area (Å²) >= 11 is 3.46. The van der Waals surface area contributed by atoms with Crippen molar-refractivity contribution in [3.63, 3.8) is 0 Å². The van der Waals surface area contributed by atoms with E-state index in [0.717, 1.165) is 39.1 Å². The molecule has 2 aromatic heterocycles. The monoisotopic (exact) mass is 473 g/mol. The molecule has 2 heterocycles. The van der Waals surface area contributed by atoms with E-state index in [2.05, 4.69) is 69.3 Å². The van der Waals surface area contributed by atoms with Crippen molar-refractivity contribution in [1.29, 1.82) is 0 Å². The summed E-state index contributed by atoms with van der Waals surface area (Å²) in [5, 5.41) is 1.04. The molecule has 0 saturated heterocycles. The number of hydrogen-bond donors (Lipinski definition) is 0. The number of fused-ring (bicyclic) bond motifs is 1. The van der Waals surface area contributed by atoms with Crippen molar-refractivity contribution in [2.24, 2.45) is 0 Å². The van der Waals surface area contributed by atoms with Gasteiger partial charge in [-0.1, -0.05) is 40.2 Å². The maximum atomic E-state index is 6.01. The molecule has 0 radical (unpaired) electrons. The summed E-state index contributed by atoms with van der Waals surface area (Å²) < 4.78 is 14.6. The number of pyridine rings is 1. The lowest BCUT2D eigenvalue weighted by atomic mass is 10.2. The van der Waals surface area contributed by atoms with Crippen molar-refractivity contribution in [2.75, 3.05) is 7.11 Å². The van der Waals surface area contributed by atoms with Crippen LogP contribution in [0.4, 0.5) is 0 Å². The van der Waals surface area contributed by atoms with Gasteiger partial charge in [0.25, 0.3) is 0 Å². The van der Waals surface area contributed by atoms with Crippen LogP contribution in [-0.4, -0.2) is 7.11 Å². The lowest BCUT2D eigenvalue weighted by Crippen LogP contribution is -3.00. The molecular weight excluding hydrogens is 458 g/mol. The average Bonchev–Trinajstić information content (AvgIpc) is 3.08. The number of halogens is 2. The van der Waals surface area contributed by atoms with Gasteiger partial charge in [-0.05, 0) is 24.3 Å². The molecule has 3 nitrogen and oxygen atoms in total. The van der Waals surface area contributed by atoms with Crippen molar-refractivity contribution in [2.45, 2.75) is 6.54 Å². The highest BCUT2D eigenvalue weighted by Gasteiger charge is 2.11. The Bertz CT molecular complexity index is 1010. The number of hydrogen-bond acceptors (Lipinski definition) is 2. The van der Waals surface area contributed by atoms with Crippen LogP contribution in [0.1, 0.15) is 5.56 Å². The molecule has 4 rings (SSSR count). The zero-order valence-corrected chi connectivity index (χ0v) is 17.3. The minimum absolute atomic E-state index is 0. The molecular formula is C21H17Br2NO2. The third kappa shape index (κ3) is 3.84. The predicted octanol–water partition coefficient (Wildman–Crippen LogP) is 2.21. The minimum Gasteiger partial charge on any atom is -1.00 e. The topological polar surface area (TPSA) is 26.2 Å². The van der Waals surface area contributed by atoms with Gasteiger partial charge in [-0.25, -0.2) is 4.57 Å². The number of nitrogens with zero attached hydrogens (tertiary/aromatic N) is 1. The molecule has 0 unspecified atom stereocenters. The lowest BCUT2D eigenvalue weighted by Gasteiger charge is -2.00. The van der Waals surface area contributed by atoms with Gasteiger partial charge in [0.2, 0.25) is 0 Å². The van der Waals surface area contributed by atoms with E-state index in [1.807, 2.05) is 24.3 Å². The molecule has 26 heavy (non-hydrogen) atoms. The van der Waals surface area contributed by atoms with E-state index in [9.17, 15) is 0 Å². The van der Waals surface area contributed by atoms with Crippen LogP contribution in [0.5, 0.6) is 5.75 Å². The van der Waals surface area contributed by atoms with Crippen LogP contribution in [0.15, 0.2) is 81.9 Å². The van der Waals surface area contributed by atoms with Crippen LogP contribution in [0, 0.1) is 0 Å². The molecule has 0 amide bonds. The Hall–Kier alpha value is -2.11. The van der Waals surface area contributed by atoms with Gasteiger partial charge in [0.15, 0.2) is 30.3 Å². The fourth-order valence-electron chi connectivity index (χ4n) is 2.87. The Balaban J connectivity index is 0.00000196. The van der Waals surface area contributed by atoms with Gasteiger partial charge >= 0.3 is 0 Å². The summed E-state index contributed by atoms with van der Waals surface area (Å²) in [4.78, 5) is 0.